The van der Waals surface area contributed by atoms with Gasteiger partial charge in [0.2, 0.25) is 18.2 Å². The van der Waals surface area contributed by atoms with E-state index in [1.54, 1.807) is 25.1 Å². The molecule has 0 aliphatic heterocycles. The summed E-state index contributed by atoms with van der Waals surface area (Å²) in [7, 11) is 0. The van der Waals surface area contributed by atoms with Crippen molar-refractivity contribution >= 4 is 17.6 Å². The predicted molar refractivity (Wildman–Crippen MR) is 69.9 cm³/mol. The highest BCUT2D eigenvalue weighted by Crippen LogP contribution is 2.23. The van der Waals surface area contributed by atoms with Crippen LogP contribution in [-0.4, -0.2) is 27.2 Å². The van der Waals surface area contributed by atoms with Crippen LogP contribution in [0.25, 0.3) is 11.5 Å². The van der Waals surface area contributed by atoms with Crippen LogP contribution in [0, 0.1) is 12.8 Å². The fourth-order valence-electron chi connectivity index (χ4n) is 1.59. The number of nitrogens with zero attached hydrogens (tertiary/aromatic N) is 2. The first-order valence-electron chi connectivity index (χ1n) is 5.90. The maximum Gasteiger partial charge on any atom is 0.315 e. The van der Waals surface area contributed by atoms with Crippen molar-refractivity contribution in [2.45, 2.75) is 13.8 Å². The highest BCUT2D eigenvalue weighted by molar-refractivity contribution is 6.04. The molecule has 0 aliphatic carbocycles. The summed E-state index contributed by atoms with van der Waals surface area (Å²) in [5, 5.41) is 18.7. The number of aromatic nitrogens is 2. The van der Waals surface area contributed by atoms with Gasteiger partial charge in [0.15, 0.2) is 0 Å². The molecule has 0 bridgehead atoms. The van der Waals surface area contributed by atoms with Gasteiger partial charge in [0.05, 0.1) is 0 Å². The number of carbonyl (C=O) groups is 2. The Bertz CT molecular complexity index is 637. The molecule has 2 N–H and O–H groups in total. The molecular weight excluding hydrogens is 262 g/mol. The summed E-state index contributed by atoms with van der Waals surface area (Å²) in [5.74, 6) is -2.45. The summed E-state index contributed by atoms with van der Waals surface area (Å²) in [6.45, 7) is 3.13. The molecule has 7 heteroatoms. The average molecular weight is 275 g/mol. The van der Waals surface area contributed by atoms with Gasteiger partial charge in [-0.25, -0.2) is 0 Å². The largest absolute Gasteiger partial charge is 0.481 e. The maximum atomic E-state index is 11.7. The van der Waals surface area contributed by atoms with Gasteiger partial charge in [0, 0.05) is 11.3 Å². The molecule has 2 rings (SSSR count). The fourth-order valence-corrected chi connectivity index (χ4v) is 1.59. The number of nitrogens with one attached hydrogen (secondary N) is 1. The topological polar surface area (TPSA) is 105 Å². The third kappa shape index (κ3) is 2.82. The number of carboxylic acids is 1. The molecule has 1 aromatic heterocycles. The summed E-state index contributed by atoms with van der Waals surface area (Å²) < 4.78 is 5.08. The average Bonchev–Trinajstić information content (AvgIpc) is 2.93. The second-order valence-corrected chi connectivity index (χ2v) is 4.32. The second-order valence-electron chi connectivity index (χ2n) is 4.32. The monoisotopic (exact) mass is 275 g/mol. The lowest BCUT2D eigenvalue weighted by Crippen LogP contribution is -2.27. The molecule has 1 atom stereocenters. The van der Waals surface area contributed by atoms with Crippen molar-refractivity contribution < 1.29 is 19.1 Å². The molecule has 0 spiro atoms. The molecule has 20 heavy (non-hydrogen) atoms. The Morgan fingerprint density at radius 1 is 1.40 bits per heavy atom. The van der Waals surface area contributed by atoms with E-state index >= 15 is 0 Å². The number of aliphatic carboxylic acids is 1. The van der Waals surface area contributed by atoms with Crippen molar-refractivity contribution in [1.82, 2.24) is 10.2 Å². The van der Waals surface area contributed by atoms with E-state index in [0.29, 0.717) is 11.6 Å². The third-order valence-electron chi connectivity index (χ3n) is 2.85. The van der Waals surface area contributed by atoms with Crippen LogP contribution in [0.15, 0.2) is 29.0 Å². The first-order chi connectivity index (χ1) is 9.49. The van der Waals surface area contributed by atoms with Crippen molar-refractivity contribution in [1.29, 1.82) is 0 Å². The van der Waals surface area contributed by atoms with Gasteiger partial charge in [-0.2, -0.15) is 0 Å². The summed E-state index contributed by atoms with van der Waals surface area (Å²) in [6.07, 6.45) is 1.23. The second kappa shape index (κ2) is 5.52. The number of carboxylic acid groups (broad SMARTS) is 1. The van der Waals surface area contributed by atoms with Crippen LogP contribution in [0.2, 0.25) is 0 Å². The van der Waals surface area contributed by atoms with Gasteiger partial charge in [0.1, 0.15) is 5.92 Å². The molecule has 7 nitrogen and oxygen atoms in total. The Morgan fingerprint density at radius 2 is 2.15 bits per heavy atom. The van der Waals surface area contributed by atoms with Crippen molar-refractivity contribution in [3.63, 3.8) is 0 Å². The van der Waals surface area contributed by atoms with Crippen LogP contribution in [0.3, 0.4) is 0 Å². The Hall–Kier alpha value is -2.70. The van der Waals surface area contributed by atoms with Crippen molar-refractivity contribution in [2.75, 3.05) is 5.32 Å². The number of hydrogen-bond donors (Lipinski definition) is 2. The first-order valence-corrected chi connectivity index (χ1v) is 5.90. The lowest BCUT2D eigenvalue weighted by Gasteiger charge is -2.11. The molecule has 0 saturated heterocycles. The number of amides is 1. The van der Waals surface area contributed by atoms with E-state index in [9.17, 15) is 9.59 Å². The Balaban J connectivity index is 2.18. The first kappa shape index (κ1) is 13.7. The molecule has 0 aliphatic rings. The Morgan fingerprint density at radius 3 is 2.70 bits per heavy atom. The van der Waals surface area contributed by atoms with Crippen LogP contribution >= 0.6 is 0 Å². The van der Waals surface area contributed by atoms with Gasteiger partial charge in [-0.05, 0) is 37.6 Å². The fraction of sp³-hybridized carbons (Fsp3) is 0.231. The van der Waals surface area contributed by atoms with E-state index in [-0.39, 0.29) is 0 Å². The van der Waals surface area contributed by atoms with Crippen LogP contribution < -0.4 is 5.32 Å². The van der Waals surface area contributed by atoms with Crippen molar-refractivity contribution in [3.05, 3.63) is 30.2 Å². The van der Waals surface area contributed by atoms with Gasteiger partial charge in [-0.3, -0.25) is 9.59 Å². The zero-order chi connectivity index (χ0) is 14.7. The molecule has 104 valence electrons. The molecule has 1 aromatic carbocycles. The molecule has 1 amide bonds. The van der Waals surface area contributed by atoms with E-state index < -0.39 is 17.8 Å². The normalized spacial score (nSPS) is 11.9. The Kier molecular flexibility index (Phi) is 3.79. The molecule has 1 unspecified atom stereocenters. The summed E-state index contributed by atoms with van der Waals surface area (Å²) in [4.78, 5) is 22.4. The van der Waals surface area contributed by atoms with Gasteiger partial charge in [0.25, 0.3) is 0 Å². The maximum absolute atomic E-state index is 11.7. The van der Waals surface area contributed by atoms with Gasteiger partial charge in [-0.15, -0.1) is 10.2 Å². The number of carbonyl (C=O) groups excluding carboxylic acids is 1. The van der Waals surface area contributed by atoms with Crippen LogP contribution in [0.5, 0.6) is 0 Å². The number of anilines is 1. The van der Waals surface area contributed by atoms with Crippen LogP contribution in [-0.2, 0) is 9.59 Å². The Labute approximate surface area is 114 Å². The van der Waals surface area contributed by atoms with E-state index in [0.717, 1.165) is 11.1 Å². The zero-order valence-corrected chi connectivity index (χ0v) is 11.0. The summed E-state index contributed by atoms with van der Waals surface area (Å²) in [5.41, 5.74) is 2.04. The summed E-state index contributed by atoms with van der Waals surface area (Å²) in [6, 6.07) is 5.15. The predicted octanol–water partition coefficient (Wildman–Crippen LogP) is 1.70. The smallest absolute Gasteiger partial charge is 0.315 e. The molecule has 1 heterocycles. The third-order valence-corrected chi connectivity index (χ3v) is 2.85. The SMILES string of the molecule is Cc1cc(-c2nnco2)ccc1NC(=O)C(C)C(=O)O. The van der Waals surface area contributed by atoms with Crippen LogP contribution in [0.1, 0.15) is 12.5 Å². The molecule has 0 fully saturated rings. The minimum Gasteiger partial charge on any atom is -0.481 e. The minimum atomic E-state index is -1.16. The molecular formula is C13H13N3O4. The summed E-state index contributed by atoms with van der Waals surface area (Å²) >= 11 is 0. The van der Waals surface area contributed by atoms with Gasteiger partial charge < -0.3 is 14.8 Å². The zero-order valence-electron chi connectivity index (χ0n) is 11.0. The molecule has 0 radical (unpaired) electrons. The van der Waals surface area contributed by atoms with Crippen LogP contribution in [0.4, 0.5) is 5.69 Å². The molecule has 2 aromatic rings. The quantitative estimate of drug-likeness (QED) is 0.823. The van der Waals surface area contributed by atoms with E-state index in [1.165, 1.54) is 13.3 Å². The van der Waals surface area contributed by atoms with E-state index in [4.69, 9.17) is 9.52 Å². The highest BCUT2D eigenvalue weighted by atomic mass is 16.4. The lowest BCUT2D eigenvalue weighted by atomic mass is 10.1. The standard InChI is InChI=1S/C13H13N3O4/c1-7-5-9(12-16-14-6-20-12)3-4-10(7)15-11(17)8(2)13(18)19/h3-6,8H,1-2H3,(H,15,17)(H,18,19). The van der Waals surface area contributed by atoms with E-state index in [1.807, 2.05) is 0 Å². The lowest BCUT2D eigenvalue weighted by molar-refractivity contribution is -0.144. The number of hydrogen-bond acceptors (Lipinski definition) is 5. The van der Waals surface area contributed by atoms with Crippen molar-refractivity contribution in [3.8, 4) is 11.5 Å². The minimum absolute atomic E-state index is 0.380. The van der Waals surface area contributed by atoms with E-state index in [2.05, 4.69) is 15.5 Å². The van der Waals surface area contributed by atoms with Gasteiger partial charge >= 0.3 is 5.97 Å². The van der Waals surface area contributed by atoms with Gasteiger partial charge in [-0.1, -0.05) is 0 Å². The molecule has 0 saturated carbocycles. The number of rotatable bonds is 4. The number of aryl methyl sites for hydroxylation is 1. The van der Waals surface area contributed by atoms with Crippen molar-refractivity contribution in [2.24, 2.45) is 5.92 Å². The number of benzene rings is 1. The highest BCUT2D eigenvalue weighted by Gasteiger charge is 2.21.